The lowest BCUT2D eigenvalue weighted by atomic mass is 9.58. The molecule has 0 aromatic carbocycles. The van der Waals surface area contributed by atoms with Gasteiger partial charge in [-0.3, -0.25) is 4.90 Å². The molecule has 6 heteroatoms. The molecule has 1 saturated carbocycles. The number of rotatable bonds is 6. The van der Waals surface area contributed by atoms with Gasteiger partial charge in [-0.1, -0.05) is 6.07 Å². The number of aromatic nitrogens is 1. The molecule has 1 aliphatic heterocycles. The van der Waals surface area contributed by atoms with E-state index in [0.717, 1.165) is 38.3 Å². The summed E-state index contributed by atoms with van der Waals surface area (Å²) in [7, 11) is 3.98. The first-order chi connectivity index (χ1) is 11.5. The predicted molar refractivity (Wildman–Crippen MR) is 93.0 cm³/mol. The van der Waals surface area contributed by atoms with Gasteiger partial charge in [-0.05, 0) is 37.6 Å². The van der Waals surface area contributed by atoms with Crippen molar-refractivity contribution in [3.8, 4) is 0 Å². The van der Waals surface area contributed by atoms with E-state index in [1.165, 1.54) is 5.56 Å². The quantitative estimate of drug-likeness (QED) is 0.804. The number of hydrogen-bond donors (Lipinski definition) is 2. The molecule has 2 heterocycles. The van der Waals surface area contributed by atoms with Crippen molar-refractivity contribution < 1.29 is 14.9 Å². The Labute approximate surface area is 144 Å². The van der Waals surface area contributed by atoms with Crippen LogP contribution in [0.25, 0.3) is 0 Å². The Morgan fingerprint density at radius 3 is 2.62 bits per heavy atom. The maximum atomic E-state index is 10.3. The summed E-state index contributed by atoms with van der Waals surface area (Å²) >= 11 is 0. The van der Waals surface area contributed by atoms with E-state index in [1.807, 2.05) is 25.2 Å². The maximum absolute atomic E-state index is 10.3. The van der Waals surface area contributed by atoms with Crippen molar-refractivity contribution >= 4 is 5.82 Å². The van der Waals surface area contributed by atoms with Crippen LogP contribution in [-0.2, 0) is 11.3 Å². The summed E-state index contributed by atoms with van der Waals surface area (Å²) in [5, 5.41) is 19.2. The van der Waals surface area contributed by atoms with Crippen LogP contribution in [0.1, 0.15) is 24.8 Å². The molecule has 2 N–H and O–H groups in total. The average molecular weight is 335 g/mol. The van der Waals surface area contributed by atoms with Gasteiger partial charge < -0.3 is 19.8 Å². The topological polar surface area (TPSA) is 69.1 Å². The minimum absolute atomic E-state index is 0.0464. The van der Waals surface area contributed by atoms with Crippen LogP contribution in [0.2, 0.25) is 0 Å². The minimum atomic E-state index is -0.260. The molecule has 3 rings (SSSR count). The first-order valence-electron chi connectivity index (χ1n) is 8.80. The summed E-state index contributed by atoms with van der Waals surface area (Å²) < 4.78 is 5.74. The maximum Gasteiger partial charge on any atom is 0.127 e. The van der Waals surface area contributed by atoms with E-state index in [0.29, 0.717) is 13.0 Å². The average Bonchev–Trinajstić information content (AvgIpc) is 2.59. The van der Waals surface area contributed by atoms with Crippen LogP contribution in [0.15, 0.2) is 18.3 Å². The van der Waals surface area contributed by atoms with Gasteiger partial charge in [0.05, 0.1) is 25.4 Å². The Kier molecular flexibility index (Phi) is 5.39. The van der Waals surface area contributed by atoms with Crippen LogP contribution in [0.3, 0.4) is 0 Å². The molecule has 1 aromatic heterocycles. The highest BCUT2D eigenvalue weighted by atomic mass is 16.5. The zero-order chi connectivity index (χ0) is 17.2. The van der Waals surface area contributed by atoms with Crippen LogP contribution in [0, 0.1) is 5.41 Å². The molecular weight excluding hydrogens is 306 g/mol. The lowest BCUT2D eigenvalue weighted by molar-refractivity contribution is -0.213. The van der Waals surface area contributed by atoms with E-state index in [-0.39, 0.29) is 24.2 Å². The highest BCUT2D eigenvalue weighted by molar-refractivity contribution is 5.37. The molecule has 0 radical (unpaired) electrons. The molecule has 1 spiro atoms. The zero-order valence-corrected chi connectivity index (χ0v) is 14.7. The third kappa shape index (κ3) is 3.42. The predicted octanol–water partition coefficient (Wildman–Crippen LogP) is 0.872. The van der Waals surface area contributed by atoms with Gasteiger partial charge in [0, 0.05) is 38.7 Å². The van der Waals surface area contributed by atoms with E-state index in [2.05, 4.69) is 22.0 Å². The van der Waals surface area contributed by atoms with Crippen molar-refractivity contribution in [1.29, 1.82) is 0 Å². The van der Waals surface area contributed by atoms with E-state index in [1.54, 1.807) is 0 Å². The molecule has 1 aromatic rings. The lowest BCUT2D eigenvalue weighted by Gasteiger charge is -2.56. The number of ether oxygens (including phenoxy) is 1. The van der Waals surface area contributed by atoms with Gasteiger partial charge in [-0.2, -0.15) is 0 Å². The Morgan fingerprint density at radius 2 is 2.08 bits per heavy atom. The number of aliphatic hydroxyl groups excluding tert-OH is 2. The molecule has 1 saturated heterocycles. The molecule has 0 amide bonds. The number of anilines is 1. The van der Waals surface area contributed by atoms with Crippen LogP contribution in [0.4, 0.5) is 5.82 Å². The molecular formula is C18H29N3O3. The van der Waals surface area contributed by atoms with Gasteiger partial charge in [0.15, 0.2) is 0 Å². The van der Waals surface area contributed by atoms with Gasteiger partial charge in [0.25, 0.3) is 0 Å². The summed E-state index contributed by atoms with van der Waals surface area (Å²) in [4.78, 5) is 8.89. The standard InChI is InChI=1S/C18H29N3O3/c1-20(2)17-4-3-14(12-19-17)13-21-7-5-18(6-8-21)15(23)11-16(18)24-10-9-22/h3-4,12,15-16,22-23H,5-11,13H2,1-2H3/t15-,16+/m1/s1. The zero-order valence-electron chi connectivity index (χ0n) is 14.7. The van der Waals surface area contributed by atoms with E-state index < -0.39 is 0 Å². The number of piperidine rings is 1. The molecule has 134 valence electrons. The summed E-state index contributed by atoms with van der Waals surface area (Å²) in [5.74, 6) is 0.970. The smallest absolute Gasteiger partial charge is 0.127 e. The molecule has 0 unspecified atom stereocenters. The van der Waals surface area contributed by atoms with Gasteiger partial charge in [-0.25, -0.2) is 4.98 Å². The van der Waals surface area contributed by atoms with Gasteiger partial charge in [0.1, 0.15) is 5.82 Å². The summed E-state index contributed by atoms with van der Waals surface area (Å²) in [6, 6.07) is 4.19. The van der Waals surface area contributed by atoms with E-state index in [9.17, 15) is 5.11 Å². The number of likely N-dealkylation sites (tertiary alicyclic amines) is 1. The molecule has 2 atom stereocenters. The van der Waals surface area contributed by atoms with Crippen molar-refractivity contribution in [3.05, 3.63) is 23.9 Å². The Hall–Kier alpha value is -1.21. The monoisotopic (exact) mass is 335 g/mol. The second-order valence-corrected chi connectivity index (χ2v) is 7.26. The fraction of sp³-hybridized carbons (Fsp3) is 0.722. The van der Waals surface area contributed by atoms with Gasteiger partial charge >= 0.3 is 0 Å². The largest absolute Gasteiger partial charge is 0.394 e. The van der Waals surface area contributed by atoms with Gasteiger partial charge in [0.2, 0.25) is 0 Å². The Bertz CT molecular complexity index is 527. The van der Waals surface area contributed by atoms with E-state index >= 15 is 0 Å². The number of aliphatic hydroxyl groups is 2. The minimum Gasteiger partial charge on any atom is -0.394 e. The third-order valence-electron chi connectivity index (χ3n) is 5.61. The molecule has 6 nitrogen and oxygen atoms in total. The van der Waals surface area contributed by atoms with Crippen molar-refractivity contribution in [1.82, 2.24) is 9.88 Å². The number of nitrogens with zero attached hydrogens (tertiary/aromatic N) is 3. The van der Waals surface area contributed by atoms with Crippen molar-refractivity contribution in [3.63, 3.8) is 0 Å². The summed E-state index contributed by atoms with van der Waals surface area (Å²) in [5.41, 5.74) is 1.12. The first-order valence-corrected chi connectivity index (χ1v) is 8.80. The molecule has 1 aliphatic carbocycles. The second-order valence-electron chi connectivity index (χ2n) is 7.26. The van der Waals surface area contributed by atoms with Crippen molar-refractivity contribution in [2.75, 3.05) is 45.3 Å². The Morgan fingerprint density at radius 1 is 1.33 bits per heavy atom. The number of pyridine rings is 1. The molecule has 0 bridgehead atoms. The van der Waals surface area contributed by atoms with Crippen LogP contribution in [0.5, 0.6) is 0 Å². The lowest BCUT2D eigenvalue weighted by Crippen LogP contribution is -2.62. The van der Waals surface area contributed by atoms with E-state index in [4.69, 9.17) is 9.84 Å². The highest BCUT2D eigenvalue weighted by Crippen LogP contribution is 2.51. The fourth-order valence-electron chi connectivity index (χ4n) is 3.97. The van der Waals surface area contributed by atoms with Crippen LogP contribution >= 0.6 is 0 Å². The highest BCUT2D eigenvalue weighted by Gasteiger charge is 2.55. The summed E-state index contributed by atoms with van der Waals surface area (Å²) in [6.45, 7) is 3.24. The SMILES string of the molecule is CN(C)c1ccc(CN2CCC3(CC2)[C@H](O)C[C@@H]3OCCO)cn1. The van der Waals surface area contributed by atoms with Crippen LogP contribution in [-0.4, -0.2) is 72.7 Å². The number of hydrogen-bond acceptors (Lipinski definition) is 6. The third-order valence-corrected chi connectivity index (χ3v) is 5.61. The molecule has 24 heavy (non-hydrogen) atoms. The van der Waals surface area contributed by atoms with Crippen molar-refractivity contribution in [2.45, 2.75) is 38.0 Å². The summed E-state index contributed by atoms with van der Waals surface area (Å²) in [6.07, 6.45) is 4.40. The molecule has 2 aliphatic rings. The first kappa shape index (κ1) is 17.6. The Balaban J connectivity index is 1.53. The van der Waals surface area contributed by atoms with Crippen molar-refractivity contribution in [2.24, 2.45) is 5.41 Å². The fourth-order valence-corrected chi connectivity index (χ4v) is 3.97. The van der Waals surface area contributed by atoms with Gasteiger partial charge in [-0.15, -0.1) is 0 Å². The molecule has 2 fully saturated rings. The normalized spacial score (nSPS) is 26.3. The second kappa shape index (κ2) is 7.35. The van der Waals surface area contributed by atoms with Crippen LogP contribution < -0.4 is 4.90 Å².